The molecule has 3 aromatic carbocycles. The summed E-state index contributed by atoms with van der Waals surface area (Å²) in [4.78, 5) is 38.9. The van der Waals surface area contributed by atoms with Gasteiger partial charge < -0.3 is 20.8 Å². The molecule has 2 aromatic heterocycles. The number of rotatable bonds is 12. The Hall–Kier alpha value is -5.26. The maximum Gasteiger partial charge on any atom is 0.252 e. The molecule has 2 aliphatic rings. The molecule has 1 unspecified atom stereocenters. The second-order valence-corrected chi connectivity index (χ2v) is 13.7. The molecule has 0 bridgehead atoms. The van der Waals surface area contributed by atoms with Crippen LogP contribution in [0, 0.1) is 0 Å². The van der Waals surface area contributed by atoms with Crippen molar-refractivity contribution in [3.63, 3.8) is 0 Å². The number of fused-ring (bicyclic) bond motifs is 2. The lowest BCUT2D eigenvalue weighted by atomic mass is 9.95. The number of β-amino-alcohol motifs (C(OH)–C–C–N with tert-alkyl or cyclic N) is 2. The average Bonchev–Trinajstić information content (AvgIpc) is 3.19. The number of carbonyl (C=O) groups is 2. The normalized spacial score (nSPS) is 15.6. The number of amides is 2. The van der Waals surface area contributed by atoms with Gasteiger partial charge in [-0.05, 0) is 77.6 Å². The van der Waals surface area contributed by atoms with E-state index in [4.69, 9.17) is 4.98 Å². The first kappa shape index (κ1) is 35.2. The summed E-state index contributed by atoms with van der Waals surface area (Å²) in [5.41, 5.74) is 9.51. The van der Waals surface area contributed by atoms with E-state index >= 15 is 0 Å². The number of aliphatic hydroxyl groups is 2. The molecule has 4 heterocycles. The van der Waals surface area contributed by atoms with Gasteiger partial charge in [-0.2, -0.15) is 0 Å². The van der Waals surface area contributed by atoms with Crippen LogP contribution < -0.4 is 10.6 Å². The van der Waals surface area contributed by atoms with Gasteiger partial charge in [-0.15, -0.1) is 0 Å². The van der Waals surface area contributed by atoms with E-state index in [1.54, 1.807) is 24.4 Å². The minimum Gasteiger partial charge on any atom is -0.390 e. The fourth-order valence-electron chi connectivity index (χ4n) is 7.06. The Bertz CT molecular complexity index is 2020. The second kappa shape index (κ2) is 16.4. The predicted octanol–water partition coefficient (Wildman–Crippen LogP) is 4.11. The molecular formula is C42H44N6O4. The molecule has 0 radical (unpaired) electrons. The minimum absolute atomic E-state index is 0.160. The lowest BCUT2D eigenvalue weighted by molar-refractivity contribution is 0.0839. The Morgan fingerprint density at radius 2 is 1.23 bits per heavy atom. The fraction of sp³-hybridized carbons (Fsp3) is 0.286. The number of carbonyl (C=O) groups excluding carboxylic acids is 2. The Labute approximate surface area is 304 Å². The molecule has 10 nitrogen and oxygen atoms in total. The quantitative estimate of drug-likeness (QED) is 0.154. The summed E-state index contributed by atoms with van der Waals surface area (Å²) in [6, 6.07) is 31.6. The predicted molar refractivity (Wildman–Crippen MR) is 200 cm³/mol. The molecule has 4 N–H and O–H groups in total. The lowest BCUT2D eigenvalue weighted by Crippen LogP contribution is -2.42. The second-order valence-electron chi connectivity index (χ2n) is 13.7. The molecule has 0 saturated carbocycles. The van der Waals surface area contributed by atoms with E-state index in [2.05, 4.69) is 61.8 Å². The van der Waals surface area contributed by atoms with Crippen LogP contribution in [0.25, 0.3) is 22.5 Å². The number of nitrogens with one attached hydrogen (secondary N) is 2. The van der Waals surface area contributed by atoms with Gasteiger partial charge >= 0.3 is 0 Å². The van der Waals surface area contributed by atoms with Gasteiger partial charge in [0.15, 0.2) is 0 Å². The molecule has 2 amide bonds. The summed E-state index contributed by atoms with van der Waals surface area (Å²) < 4.78 is 0. The lowest BCUT2D eigenvalue weighted by Gasteiger charge is -2.30. The number of nitrogens with zero attached hydrogens (tertiary/aromatic N) is 4. The standard InChI is InChI=1S/C42H44N6O4/c49-37(27-47-18-15-29-6-1-2-7-35(29)25-47)23-44-41(51)33-9-3-8-31(20-33)39-11-4-12-40(46-39)32-14-13-30-16-19-48(26-36(30)21-32)28-38(50)24-45-42(52)34-10-5-17-43-22-34/h1-14,17,20-22,37-38,49-50H,15-16,18-19,23-28H2,(H,44,51)(H,45,52)/t37-,38?/m1/s1. The van der Waals surface area contributed by atoms with Crippen LogP contribution in [0.1, 0.15) is 43.0 Å². The minimum atomic E-state index is -0.704. The van der Waals surface area contributed by atoms with E-state index in [-0.39, 0.29) is 24.9 Å². The molecule has 52 heavy (non-hydrogen) atoms. The van der Waals surface area contributed by atoms with Crippen molar-refractivity contribution in [2.75, 3.05) is 39.3 Å². The molecule has 0 spiro atoms. The van der Waals surface area contributed by atoms with Gasteiger partial charge in [0.05, 0.1) is 29.2 Å². The average molecular weight is 697 g/mol. The number of hydrogen-bond acceptors (Lipinski definition) is 8. The molecular weight excluding hydrogens is 652 g/mol. The number of pyridine rings is 2. The summed E-state index contributed by atoms with van der Waals surface area (Å²) in [7, 11) is 0. The molecule has 7 rings (SSSR count). The highest BCUT2D eigenvalue weighted by Crippen LogP contribution is 2.28. The van der Waals surface area contributed by atoms with E-state index in [1.165, 1.54) is 28.5 Å². The van der Waals surface area contributed by atoms with Crippen molar-refractivity contribution >= 4 is 11.8 Å². The zero-order chi connectivity index (χ0) is 35.9. The SMILES string of the molecule is O=C(NCC(O)CN1CCc2ccc(-c3cccc(-c4cccc(C(=O)NC[C@@H](O)CN5CCc6ccccc6C5)c4)n3)cc2C1)c1cccnc1. The Balaban J connectivity index is 0.940. The fourth-order valence-corrected chi connectivity index (χ4v) is 7.06. The third kappa shape index (κ3) is 8.78. The van der Waals surface area contributed by atoms with Crippen LogP contribution in [0.15, 0.2) is 109 Å². The number of benzene rings is 3. The van der Waals surface area contributed by atoms with E-state index in [9.17, 15) is 19.8 Å². The maximum absolute atomic E-state index is 13.1. The number of hydrogen-bond donors (Lipinski definition) is 4. The summed E-state index contributed by atoms with van der Waals surface area (Å²) in [5.74, 6) is -0.488. The third-order valence-electron chi connectivity index (χ3n) is 9.83. The van der Waals surface area contributed by atoms with Gasteiger partial charge in [0.2, 0.25) is 0 Å². The van der Waals surface area contributed by atoms with Crippen LogP contribution in [0.5, 0.6) is 0 Å². The number of aromatic nitrogens is 2. The summed E-state index contributed by atoms with van der Waals surface area (Å²) in [5, 5.41) is 27.1. The summed E-state index contributed by atoms with van der Waals surface area (Å²) in [6.45, 7) is 4.49. The van der Waals surface area contributed by atoms with Crippen LogP contribution in [0.2, 0.25) is 0 Å². The van der Waals surface area contributed by atoms with E-state index in [0.717, 1.165) is 55.0 Å². The highest BCUT2D eigenvalue weighted by molar-refractivity contribution is 5.95. The molecule has 0 aliphatic carbocycles. The van der Waals surface area contributed by atoms with Crippen LogP contribution in [-0.4, -0.2) is 93.3 Å². The highest BCUT2D eigenvalue weighted by Gasteiger charge is 2.21. The van der Waals surface area contributed by atoms with Crippen molar-refractivity contribution < 1.29 is 19.8 Å². The van der Waals surface area contributed by atoms with Crippen LogP contribution in [0.3, 0.4) is 0 Å². The highest BCUT2D eigenvalue weighted by atomic mass is 16.3. The molecule has 2 atom stereocenters. The Kier molecular flexibility index (Phi) is 11.1. The molecule has 266 valence electrons. The van der Waals surface area contributed by atoms with Crippen molar-refractivity contribution in [2.24, 2.45) is 0 Å². The maximum atomic E-state index is 13.1. The molecule has 5 aromatic rings. The van der Waals surface area contributed by atoms with E-state index in [1.807, 2.05) is 42.5 Å². The van der Waals surface area contributed by atoms with Crippen molar-refractivity contribution in [3.05, 3.63) is 143 Å². The molecule has 0 fully saturated rings. The van der Waals surface area contributed by atoms with Gasteiger partial charge in [-0.1, -0.05) is 54.6 Å². The van der Waals surface area contributed by atoms with Gasteiger partial charge in [-0.3, -0.25) is 24.4 Å². The molecule has 0 saturated heterocycles. The zero-order valence-corrected chi connectivity index (χ0v) is 29.1. The zero-order valence-electron chi connectivity index (χ0n) is 29.1. The van der Waals surface area contributed by atoms with Crippen LogP contribution >= 0.6 is 0 Å². The monoisotopic (exact) mass is 696 g/mol. The smallest absolute Gasteiger partial charge is 0.252 e. The van der Waals surface area contributed by atoms with Crippen molar-refractivity contribution in [1.29, 1.82) is 0 Å². The van der Waals surface area contributed by atoms with Crippen molar-refractivity contribution in [2.45, 2.75) is 38.1 Å². The third-order valence-corrected chi connectivity index (χ3v) is 9.83. The van der Waals surface area contributed by atoms with E-state index < -0.39 is 12.2 Å². The van der Waals surface area contributed by atoms with Gasteiger partial charge in [-0.25, -0.2) is 4.98 Å². The Morgan fingerprint density at radius 1 is 0.635 bits per heavy atom. The Morgan fingerprint density at radius 3 is 1.92 bits per heavy atom. The topological polar surface area (TPSA) is 131 Å². The van der Waals surface area contributed by atoms with Gasteiger partial charge in [0.25, 0.3) is 11.8 Å². The van der Waals surface area contributed by atoms with Crippen molar-refractivity contribution in [1.82, 2.24) is 30.4 Å². The van der Waals surface area contributed by atoms with Crippen molar-refractivity contribution in [3.8, 4) is 22.5 Å². The first-order valence-electron chi connectivity index (χ1n) is 17.9. The molecule has 2 aliphatic heterocycles. The van der Waals surface area contributed by atoms with Gasteiger partial charge in [0, 0.05) is 81.4 Å². The van der Waals surface area contributed by atoms with Crippen LogP contribution in [0.4, 0.5) is 0 Å². The number of aliphatic hydroxyl groups excluding tert-OH is 2. The largest absolute Gasteiger partial charge is 0.390 e. The summed E-state index contributed by atoms with van der Waals surface area (Å²) >= 11 is 0. The first-order valence-corrected chi connectivity index (χ1v) is 17.9. The molecule has 10 heteroatoms. The van der Waals surface area contributed by atoms with Gasteiger partial charge in [0.1, 0.15) is 0 Å². The summed E-state index contributed by atoms with van der Waals surface area (Å²) in [6.07, 6.45) is 3.58. The first-order chi connectivity index (χ1) is 25.4. The van der Waals surface area contributed by atoms with E-state index in [0.29, 0.717) is 30.8 Å². The van der Waals surface area contributed by atoms with Crippen LogP contribution in [-0.2, 0) is 25.9 Å².